The molecule has 0 atom stereocenters. The van der Waals surface area contributed by atoms with E-state index in [-0.39, 0.29) is 19.2 Å². The molecular formula is C9H18O4. The van der Waals surface area contributed by atoms with E-state index in [1.807, 2.05) is 0 Å². The Labute approximate surface area is 78.5 Å². The highest BCUT2D eigenvalue weighted by Crippen LogP contribution is 2.06. The molecule has 4 heteroatoms. The van der Waals surface area contributed by atoms with Crippen molar-refractivity contribution in [2.45, 2.75) is 32.1 Å². The van der Waals surface area contributed by atoms with Crippen molar-refractivity contribution in [3.05, 3.63) is 0 Å². The maximum atomic E-state index is 10.5. The highest BCUT2D eigenvalue weighted by Gasteiger charge is 2.05. The van der Waals surface area contributed by atoms with Gasteiger partial charge in [0.25, 0.3) is 0 Å². The first-order valence-electron chi connectivity index (χ1n) is 4.68. The van der Waals surface area contributed by atoms with Crippen molar-refractivity contribution in [1.29, 1.82) is 0 Å². The number of rotatable bonds is 2. The van der Waals surface area contributed by atoms with Gasteiger partial charge in [-0.3, -0.25) is 4.79 Å². The average Bonchev–Trinajstić information content (AvgIpc) is 2.35. The van der Waals surface area contributed by atoms with E-state index < -0.39 is 0 Å². The molecular weight excluding hydrogens is 172 g/mol. The van der Waals surface area contributed by atoms with E-state index in [1.54, 1.807) is 0 Å². The normalized spacial score (nSPS) is 16.6. The zero-order valence-corrected chi connectivity index (χ0v) is 7.87. The summed E-state index contributed by atoms with van der Waals surface area (Å²) >= 11 is 0. The highest BCUT2D eigenvalue weighted by atomic mass is 16.5. The van der Waals surface area contributed by atoms with Gasteiger partial charge in [0.2, 0.25) is 0 Å². The summed E-state index contributed by atoms with van der Waals surface area (Å²) in [5.41, 5.74) is 0. The molecule has 13 heavy (non-hydrogen) atoms. The second-order valence-electron chi connectivity index (χ2n) is 2.83. The predicted molar refractivity (Wildman–Crippen MR) is 48.2 cm³/mol. The topological polar surface area (TPSA) is 66.8 Å². The molecule has 4 nitrogen and oxygen atoms in total. The monoisotopic (exact) mass is 190 g/mol. The summed E-state index contributed by atoms with van der Waals surface area (Å²) in [5.74, 6) is -0.0255. The Morgan fingerprint density at radius 1 is 1.15 bits per heavy atom. The number of cyclic esters (lactones) is 1. The van der Waals surface area contributed by atoms with Gasteiger partial charge in [-0.05, 0) is 25.7 Å². The lowest BCUT2D eigenvalue weighted by molar-refractivity contribution is -0.142. The molecule has 0 aromatic rings. The third-order valence-corrected chi connectivity index (χ3v) is 1.60. The van der Waals surface area contributed by atoms with Gasteiger partial charge in [-0.15, -0.1) is 0 Å². The van der Waals surface area contributed by atoms with Gasteiger partial charge in [-0.2, -0.15) is 0 Å². The second-order valence-corrected chi connectivity index (χ2v) is 2.83. The first-order chi connectivity index (χ1) is 6.31. The molecule has 0 aromatic carbocycles. The summed E-state index contributed by atoms with van der Waals surface area (Å²) in [5, 5.41) is 15.8. The first-order valence-corrected chi connectivity index (χ1v) is 4.68. The predicted octanol–water partition coefficient (Wildman–Crippen LogP) is 0.465. The fourth-order valence-corrected chi connectivity index (χ4v) is 0.877. The molecule has 0 aliphatic carbocycles. The summed E-state index contributed by atoms with van der Waals surface area (Å²) in [6.45, 7) is 0.825. The van der Waals surface area contributed by atoms with Crippen LogP contribution in [0.1, 0.15) is 32.1 Å². The molecule has 0 bridgehead atoms. The van der Waals surface area contributed by atoms with E-state index in [2.05, 4.69) is 0 Å². The number of carbonyl (C=O) groups excluding carboxylic acids is 1. The number of carbonyl (C=O) groups is 1. The lowest BCUT2D eigenvalue weighted by Gasteiger charge is -1.93. The number of ether oxygens (including phenoxy) is 1. The zero-order chi connectivity index (χ0) is 9.94. The molecule has 0 unspecified atom stereocenters. The molecule has 0 radical (unpaired) electrons. The molecule has 0 spiro atoms. The Balaban J connectivity index is 0.000000252. The van der Waals surface area contributed by atoms with Crippen LogP contribution in [-0.4, -0.2) is 36.0 Å². The Hall–Kier alpha value is -0.610. The van der Waals surface area contributed by atoms with Crippen LogP contribution in [0.5, 0.6) is 0 Å². The summed E-state index contributed by atoms with van der Waals surface area (Å²) in [4.78, 5) is 10.5. The first kappa shape index (κ1) is 12.4. The Bertz CT molecular complexity index is 113. The largest absolute Gasteiger partial charge is 0.466 e. The van der Waals surface area contributed by atoms with Crippen molar-refractivity contribution in [2.24, 2.45) is 0 Å². The highest BCUT2D eigenvalue weighted by molar-refractivity contribution is 5.69. The standard InChI is InChI=1S/C6H10O2.C3H8O2/c7-6-4-2-1-3-5-8-6;4-2-1-3-5/h1-5H2;4-5H,1-3H2. The number of hydrogen-bond donors (Lipinski definition) is 2. The number of aliphatic hydroxyl groups excluding tert-OH is 2. The Kier molecular flexibility index (Phi) is 9.03. The maximum absolute atomic E-state index is 10.5. The van der Waals surface area contributed by atoms with Gasteiger partial charge in [-0.25, -0.2) is 0 Å². The van der Waals surface area contributed by atoms with Crippen LogP contribution >= 0.6 is 0 Å². The number of hydrogen-bond acceptors (Lipinski definition) is 4. The summed E-state index contributed by atoms with van der Waals surface area (Å²) < 4.78 is 4.76. The van der Waals surface area contributed by atoms with Gasteiger partial charge in [0.1, 0.15) is 0 Å². The van der Waals surface area contributed by atoms with Gasteiger partial charge >= 0.3 is 5.97 Å². The van der Waals surface area contributed by atoms with E-state index in [4.69, 9.17) is 14.9 Å². The fourth-order valence-electron chi connectivity index (χ4n) is 0.877. The van der Waals surface area contributed by atoms with Gasteiger partial charge in [0.05, 0.1) is 6.61 Å². The van der Waals surface area contributed by atoms with E-state index in [9.17, 15) is 4.79 Å². The molecule has 1 fully saturated rings. The second kappa shape index (κ2) is 9.48. The smallest absolute Gasteiger partial charge is 0.305 e. The lowest BCUT2D eigenvalue weighted by atomic mass is 10.2. The number of esters is 1. The fraction of sp³-hybridized carbons (Fsp3) is 0.889. The van der Waals surface area contributed by atoms with Crippen LogP contribution in [0.4, 0.5) is 0 Å². The van der Waals surface area contributed by atoms with E-state index in [1.165, 1.54) is 0 Å². The number of aliphatic hydroxyl groups is 2. The molecule has 1 heterocycles. The van der Waals surface area contributed by atoms with Crippen LogP contribution in [0.2, 0.25) is 0 Å². The van der Waals surface area contributed by atoms with Crippen molar-refractivity contribution in [2.75, 3.05) is 19.8 Å². The molecule has 1 saturated heterocycles. The van der Waals surface area contributed by atoms with E-state index in [0.717, 1.165) is 19.3 Å². The van der Waals surface area contributed by atoms with Gasteiger partial charge in [0, 0.05) is 19.6 Å². The third-order valence-electron chi connectivity index (χ3n) is 1.60. The van der Waals surface area contributed by atoms with Crippen LogP contribution in [0, 0.1) is 0 Å². The van der Waals surface area contributed by atoms with Crippen molar-refractivity contribution < 1.29 is 19.7 Å². The van der Waals surface area contributed by atoms with Crippen LogP contribution in [0.25, 0.3) is 0 Å². The Morgan fingerprint density at radius 2 is 1.85 bits per heavy atom. The van der Waals surface area contributed by atoms with E-state index in [0.29, 0.717) is 19.4 Å². The third kappa shape index (κ3) is 9.30. The van der Waals surface area contributed by atoms with Crippen molar-refractivity contribution in [3.8, 4) is 0 Å². The SMILES string of the molecule is O=C1CCCCCO1.OCCCO. The summed E-state index contributed by atoms with van der Waals surface area (Å²) in [6, 6.07) is 0. The maximum Gasteiger partial charge on any atom is 0.305 e. The Morgan fingerprint density at radius 3 is 2.38 bits per heavy atom. The molecule has 0 aromatic heterocycles. The molecule has 0 amide bonds. The minimum atomic E-state index is -0.0255. The summed E-state index contributed by atoms with van der Waals surface area (Å²) in [7, 11) is 0. The quantitative estimate of drug-likeness (QED) is 0.621. The van der Waals surface area contributed by atoms with Crippen molar-refractivity contribution in [3.63, 3.8) is 0 Å². The molecule has 78 valence electrons. The average molecular weight is 190 g/mol. The lowest BCUT2D eigenvalue weighted by Crippen LogP contribution is -2.00. The van der Waals surface area contributed by atoms with E-state index >= 15 is 0 Å². The van der Waals surface area contributed by atoms with Crippen LogP contribution in [-0.2, 0) is 9.53 Å². The van der Waals surface area contributed by atoms with Crippen LogP contribution in [0.3, 0.4) is 0 Å². The molecule has 1 aliphatic heterocycles. The van der Waals surface area contributed by atoms with Crippen LogP contribution in [0.15, 0.2) is 0 Å². The molecule has 2 N–H and O–H groups in total. The molecule has 0 saturated carbocycles. The minimum absolute atomic E-state index is 0.0255. The molecule has 1 aliphatic rings. The van der Waals surface area contributed by atoms with Gasteiger partial charge < -0.3 is 14.9 Å². The van der Waals surface area contributed by atoms with Crippen molar-refractivity contribution >= 4 is 5.97 Å². The summed E-state index contributed by atoms with van der Waals surface area (Å²) in [6.07, 6.45) is 4.33. The zero-order valence-electron chi connectivity index (χ0n) is 7.87. The van der Waals surface area contributed by atoms with Crippen molar-refractivity contribution in [1.82, 2.24) is 0 Å². The van der Waals surface area contributed by atoms with Gasteiger partial charge in [-0.1, -0.05) is 0 Å². The van der Waals surface area contributed by atoms with Crippen LogP contribution < -0.4 is 0 Å². The van der Waals surface area contributed by atoms with Gasteiger partial charge in [0.15, 0.2) is 0 Å². The molecule has 1 rings (SSSR count). The minimum Gasteiger partial charge on any atom is -0.466 e.